The largest absolute Gasteiger partial charge is 0.478 e. The van der Waals surface area contributed by atoms with Crippen LogP contribution in [0.4, 0.5) is 5.95 Å². The maximum atomic E-state index is 11.5. The van der Waals surface area contributed by atoms with Crippen LogP contribution in [0, 0.1) is 0 Å². The lowest BCUT2D eigenvalue weighted by atomic mass is 10.1. The number of hydrogen-bond acceptors (Lipinski definition) is 5. The average molecular weight is 363 g/mol. The van der Waals surface area contributed by atoms with Gasteiger partial charge in [-0.15, -0.1) is 0 Å². The van der Waals surface area contributed by atoms with Gasteiger partial charge >= 0.3 is 5.97 Å². The zero-order chi connectivity index (χ0) is 15.5. The van der Waals surface area contributed by atoms with E-state index in [2.05, 4.69) is 36.1 Å². The molecule has 1 saturated heterocycles. The fourth-order valence-corrected chi connectivity index (χ4v) is 2.88. The molecule has 7 heteroatoms. The third kappa shape index (κ3) is 2.95. The molecule has 0 amide bonds. The van der Waals surface area contributed by atoms with E-state index in [9.17, 15) is 9.90 Å². The lowest BCUT2D eigenvalue weighted by Gasteiger charge is -2.27. The lowest BCUT2D eigenvalue weighted by molar-refractivity contribution is 0.0697. The number of carboxylic acids is 1. The molecule has 2 N–H and O–H groups in total. The van der Waals surface area contributed by atoms with Crippen molar-refractivity contribution in [3.8, 4) is 11.3 Å². The predicted octanol–water partition coefficient (Wildman–Crippen LogP) is 2.01. The summed E-state index contributed by atoms with van der Waals surface area (Å²) < 4.78 is 0.808. The number of hydrogen-bond donors (Lipinski definition) is 2. The number of benzene rings is 1. The second-order valence-corrected chi connectivity index (χ2v) is 5.81. The third-order valence-corrected chi connectivity index (χ3v) is 4.23. The Hall–Kier alpha value is -1.99. The normalized spacial score (nSPS) is 14.9. The fraction of sp³-hybridized carbons (Fsp3) is 0.267. The molecule has 1 aromatic heterocycles. The van der Waals surface area contributed by atoms with Crippen LogP contribution in [0.5, 0.6) is 0 Å². The second-order valence-electron chi connectivity index (χ2n) is 4.95. The summed E-state index contributed by atoms with van der Waals surface area (Å²) in [6, 6.07) is 7.46. The van der Waals surface area contributed by atoms with Crippen LogP contribution < -0.4 is 10.2 Å². The number of nitrogens with one attached hydrogen (secondary N) is 1. The summed E-state index contributed by atoms with van der Waals surface area (Å²) in [5.74, 6) is -0.463. The minimum atomic E-state index is -1.03. The topological polar surface area (TPSA) is 78.3 Å². The van der Waals surface area contributed by atoms with Crippen molar-refractivity contribution in [2.24, 2.45) is 0 Å². The standard InChI is InChI=1S/C15H15BrN4O2/c16-12-4-2-1-3-10(12)13-11(14(21)22)9-18-15(19-13)20-7-5-17-6-8-20/h1-4,9,17H,5-8H2,(H,21,22). The monoisotopic (exact) mass is 362 g/mol. The maximum Gasteiger partial charge on any atom is 0.339 e. The number of aromatic nitrogens is 2. The van der Waals surface area contributed by atoms with E-state index in [1.165, 1.54) is 6.20 Å². The van der Waals surface area contributed by atoms with Crippen molar-refractivity contribution in [2.45, 2.75) is 0 Å². The molecule has 22 heavy (non-hydrogen) atoms. The molecule has 1 aliphatic rings. The van der Waals surface area contributed by atoms with Crippen molar-refractivity contribution >= 4 is 27.8 Å². The highest BCUT2D eigenvalue weighted by atomic mass is 79.9. The van der Waals surface area contributed by atoms with Gasteiger partial charge in [0.1, 0.15) is 5.56 Å². The van der Waals surface area contributed by atoms with Gasteiger partial charge in [-0.3, -0.25) is 0 Å². The highest BCUT2D eigenvalue weighted by Crippen LogP contribution is 2.30. The number of halogens is 1. The van der Waals surface area contributed by atoms with Crippen LogP contribution in [0.3, 0.4) is 0 Å². The van der Waals surface area contributed by atoms with E-state index < -0.39 is 5.97 Å². The molecule has 0 aliphatic carbocycles. The quantitative estimate of drug-likeness (QED) is 0.869. The third-order valence-electron chi connectivity index (χ3n) is 3.54. The number of anilines is 1. The number of nitrogens with zero attached hydrogens (tertiary/aromatic N) is 3. The lowest BCUT2D eigenvalue weighted by Crippen LogP contribution is -2.44. The number of rotatable bonds is 3. The maximum absolute atomic E-state index is 11.5. The van der Waals surface area contributed by atoms with Crippen LogP contribution in [0.1, 0.15) is 10.4 Å². The van der Waals surface area contributed by atoms with Gasteiger partial charge in [-0.2, -0.15) is 0 Å². The SMILES string of the molecule is O=C(O)c1cnc(N2CCNCC2)nc1-c1ccccc1Br. The van der Waals surface area contributed by atoms with Gasteiger partial charge in [0, 0.05) is 42.4 Å². The van der Waals surface area contributed by atoms with Crippen molar-refractivity contribution in [1.82, 2.24) is 15.3 Å². The summed E-state index contributed by atoms with van der Waals surface area (Å²) in [7, 11) is 0. The molecule has 0 bridgehead atoms. The highest BCUT2D eigenvalue weighted by Gasteiger charge is 2.20. The van der Waals surface area contributed by atoms with E-state index in [0.29, 0.717) is 11.6 Å². The average Bonchev–Trinajstić information content (AvgIpc) is 2.55. The zero-order valence-electron chi connectivity index (χ0n) is 11.8. The summed E-state index contributed by atoms with van der Waals surface area (Å²) in [4.78, 5) is 22.3. The summed E-state index contributed by atoms with van der Waals surface area (Å²) in [6.45, 7) is 3.35. The Bertz CT molecular complexity index is 702. The Balaban J connectivity index is 2.09. The van der Waals surface area contributed by atoms with E-state index >= 15 is 0 Å². The van der Waals surface area contributed by atoms with Gasteiger partial charge in [-0.1, -0.05) is 34.1 Å². The molecule has 114 valence electrons. The van der Waals surface area contributed by atoms with Gasteiger partial charge in [-0.05, 0) is 6.07 Å². The Kier molecular flexibility index (Phi) is 4.35. The van der Waals surface area contributed by atoms with Crippen LogP contribution in [0.15, 0.2) is 34.9 Å². The number of aromatic carboxylic acids is 1. The summed E-state index contributed by atoms with van der Waals surface area (Å²) in [5.41, 5.74) is 1.29. The first kappa shape index (κ1) is 14.9. The molecule has 0 spiro atoms. The molecule has 2 heterocycles. The molecular weight excluding hydrogens is 348 g/mol. The second kappa shape index (κ2) is 6.41. The number of carbonyl (C=O) groups is 1. The van der Waals surface area contributed by atoms with Gasteiger partial charge in [0.2, 0.25) is 5.95 Å². The van der Waals surface area contributed by atoms with Crippen molar-refractivity contribution in [1.29, 1.82) is 0 Å². The first-order chi connectivity index (χ1) is 10.7. The first-order valence-electron chi connectivity index (χ1n) is 6.97. The van der Waals surface area contributed by atoms with Crippen LogP contribution in [-0.4, -0.2) is 47.2 Å². The van der Waals surface area contributed by atoms with Crippen molar-refractivity contribution < 1.29 is 9.90 Å². The van der Waals surface area contributed by atoms with E-state index in [1.54, 1.807) is 0 Å². The van der Waals surface area contributed by atoms with Crippen molar-refractivity contribution in [3.63, 3.8) is 0 Å². The minimum Gasteiger partial charge on any atom is -0.478 e. The smallest absolute Gasteiger partial charge is 0.339 e. The molecule has 0 atom stereocenters. The molecule has 0 radical (unpaired) electrons. The highest BCUT2D eigenvalue weighted by molar-refractivity contribution is 9.10. The van der Waals surface area contributed by atoms with Crippen LogP contribution in [-0.2, 0) is 0 Å². The number of carboxylic acid groups (broad SMARTS) is 1. The molecule has 1 aromatic carbocycles. The molecule has 1 fully saturated rings. The number of piperazine rings is 1. The van der Waals surface area contributed by atoms with Gasteiger partial charge in [-0.25, -0.2) is 14.8 Å². The van der Waals surface area contributed by atoms with Crippen LogP contribution >= 0.6 is 15.9 Å². The molecular formula is C15H15BrN4O2. The Morgan fingerprint density at radius 2 is 2.00 bits per heavy atom. The molecule has 3 rings (SSSR count). The zero-order valence-corrected chi connectivity index (χ0v) is 13.4. The van der Waals surface area contributed by atoms with E-state index in [0.717, 1.165) is 36.2 Å². The van der Waals surface area contributed by atoms with E-state index in [4.69, 9.17) is 0 Å². The molecule has 0 unspecified atom stereocenters. The van der Waals surface area contributed by atoms with Crippen molar-refractivity contribution in [2.75, 3.05) is 31.1 Å². The molecule has 0 saturated carbocycles. The van der Waals surface area contributed by atoms with Crippen LogP contribution in [0.2, 0.25) is 0 Å². The van der Waals surface area contributed by atoms with Crippen molar-refractivity contribution in [3.05, 3.63) is 40.5 Å². The summed E-state index contributed by atoms with van der Waals surface area (Å²) >= 11 is 3.46. The van der Waals surface area contributed by atoms with Gasteiger partial charge < -0.3 is 15.3 Å². The molecule has 1 aliphatic heterocycles. The van der Waals surface area contributed by atoms with E-state index in [1.807, 2.05) is 24.3 Å². The minimum absolute atomic E-state index is 0.103. The molecule has 2 aromatic rings. The van der Waals surface area contributed by atoms with Gasteiger partial charge in [0.15, 0.2) is 0 Å². The Morgan fingerprint density at radius 1 is 1.27 bits per heavy atom. The summed E-state index contributed by atoms with van der Waals surface area (Å²) in [6.07, 6.45) is 1.39. The Morgan fingerprint density at radius 3 is 2.68 bits per heavy atom. The van der Waals surface area contributed by atoms with Gasteiger partial charge in [0.25, 0.3) is 0 Å². The Labute approximate surface area is 136 Å². The molecule has 6 nitrogen and oxygen atoms in total. The predicted molar refractivity (Wildman–Crippen MR) is 87.2 cm³/mol. The fourth-order valence-electron chi connectivity index (χ4n) is 2.40. The van der Waals surface area contributed by atoms with Crippen LogP contribution in [0.25, 0.3) is 11.3 Å². The van der Waals surface area contributed by atoms with E-state index in [-0.39, 0.29) is 5.56 Å². The first-order valence-corrected chi connectivity index (χ1v) is 7.77. The van der Waals surface area contributed by atoms with Gasteiger partial charge in [0.05, 0.1) is 5.69 Å². The summed E-state index contributed by atoms with van der Waals surface area (Å²) in [5, 5.41) is 12.7.